The highest BCUT2D eigenvalue weighted by Crippen LogP contribution is 2.37. The van der Waals surface area contributed by atoms with Crippen LogP contribution in [0.1, 0.15) is 56.0 Å². The van der Waals surface area contributed by atoms with Gasteiger partial charge in [-0.2, -0.15) is 5.26 Å². The van der Waals surface area contributed by atoms with E-state index in [9.17, 15) is 10.1 Å². The van der Waals surface area contributed by atoms with Crippen molar-refractivity contribution in [1.29, 1.82) is 5.26 Å². The number of rotatable bonds is 9. The zero-order chi connectivity index (χ0) is 24.8. The van der Waals surface area contributed by atoms with Crippen molar-refractivity contribution in [1.82, 2.24) is 14.8 Å². The van der Waals surface area contributed by atoms with Crippen LogP contribution in [0, 0.1) is 17.2 Å². The molecule has 35 heavy (non-hydrogen) atoms. The van der Waals surface area contributed by atoms with E-state index < -0.39 is 0 Å². The van der Waals surface area contributed by atoms with Crippen molar-refractivity contribution < 1.29 is 9.53 Å². The molecule has 0 fully saturated rings. The molecule has 7 nitrogen and oxygen atoms in total. The number of thiophene rings is 1. The molecule has 0 atom stereocenters. The fourth-order valence-corrected chi connectivity index (χ4v) is 6.16. The Morgan fingerprint density at radius 1 is 1.23 bits per heavy atom. The van der Waals surface area contributed by atoms with E-state index in [0.717, 1.165) is 48.4 Å². The first-order valence-electron chi connectivity index (χ1n) is 12.1. The third kappa shape index (κ3) is 6.06. The Kier molecular flexibility index (Phi) is 8.47. The summed E-state index contributed by atoms with van der Waals surface area (Å²) in [7, 11) is 0. The molecule has 3 aromatic rings. The standard InChI is InChI=1S/C26H31N5O2S2/c1-4-31-24(18-10-12-19(13-11-18)33-15-17(2)3)29-30-26(31)34-16-23(32)28-25-21(14-27)20-8-6-5-7-9-22(20)35-25/h10-13,17H,4-9,15-16H2,1-3H3,(H,28,32). The highest BCUT2D eigenvalue weighted by Gasteiger charge is 2.21. The van der Waals surface area contributed by atoms with Gasteiger partial charge >= 0.3 is 0 Å². The Morgan fingerprint density at radius 2 is 2.00 bits per heavy atom. The molecule has 0 spiro atoms. The van der Waals surface area contributed by atoms with Crippen molar-refractivity contribution in [3.63, 3.8) is 0 Å². The molecule has 2 aromatic heterocycles. The number of nitrogens with zero attached hydrogens (tertiary/aromatic N) is 4. The number of thioether (sulfide) groups is 1. The minimum atomic E-state index is -0.137. The SMILES string of the molecule is CCn1c(SCC(=O)Nc2sc3c(c2C#N)CCCCC3)nnc1-c1ccc(OCC(C)C)cc1. The lowest BCUT2D eigenvalue weighted by Crippen LogP contribution is -2.14. The number of ether oxygens (including phenoxy) is 1. The Labute approximate surface area is 214 Å². The summed E-state index contributed by atoms with van der Waals surface area (Å²) in [6, 6.07) is 10.2. The molecular formula is C26H31N5O2S2. The average Bonchev–Trinajstić information content (AvgIpc) is 3.33. The van der Waals surface area contributed by atoms with E-state index >= 15 is 0 Å². The maximum absolute atomic E-state index is 12.8. The van der Waals surface area contributed by atoms with Crippen LogP contribution < -0.4 is 10.1 Å². The summed E-state index contributed by atoms with van der Waals surface area (Å²) in [5.41, 5.74) is 2.73. The Balaban J connectivity index is 1.41. The third-order valence-corrected chi connectivity index (χ3v) is 8.02. The number of aromatic nitrogens is 3. The zero-order valence-electron chi connectivity index (χ0n) is 20.5. The van der Waals surface area contributed by atoms with Gasteiger partial charge in [0.1, 0.15) is 16.8 Å². The number of amides is 1. The number of carbonyl (C=O) groups is 1. The summed E-state index contributed by atoms with van der Waals surface area (Å²) in [6.45, 7) is 7.64. The van der Waals surface area contributed by atoms with Gasteiger partial charge in [-0.05, 0) is 68.4 Å². The van der Waals surface area contributed by atoms with Gasteiger partial charge < -0.3 is 14.6 Å². The number of carbonyl (C=O) groups excluding carboxylic acids is 1. The fraction of sp³-hybridized carbons (Fsp3) is 0.462. The number of benzene rings is 1. The van der Waals surface area contributed by atoms with Crippen LogP contribution in [0.4, 0.5) is 5.00 Å². The van der Waals surface area contributed by atoms with E-state index in [0.29, 0.717) is 34.8 Å². The first kappa shape index (κ1) is 25.3. The second-order valence-corrected chi connectivity index (χ2v) is 11.0. The second kappa shape index (κ2) is 11.7. The molecule has 4 rings (SSSR count). The quantitative estimate of drug-likeness (QED) is 0.284. The summed E-state index contributed by atoms with van der Waals surface area (Å²) in [5, 5.41) is 22.8. The number of anilines is 1. The van der Waals surface area contributed by atoms with Crippen LogP contribution in [0.15, 0.2) is 29.4 Å². The van der Waals surface area contributed by atoms with E-state index in [1.165, 1.54) is 23.1 Å². The molecule has 0 saturated heterocycles. The van der Waals surface area contributed by atoms with Gasteiger partial charge in [0, 0.05) is 17.0 Å². The minimum Gasteiger partial charge on any atom is -0.493 e. The van der Waals surface area contributed by atoms with Crippen LogP contribution in [-0.2, 0) is 24.2 Å². The highest BCUT2D eigenvalue weighted by atomic mass is 32.2. The van der Waals surface area contributed by atoms with Gasteiger partial charge in [0.2, 0.25) is 5.91 Å². The molecule has 1 N–H and O–H groups in total. The Bertz CT molecular complexity index is 1210. The molecule has 2 heterocycles. The van der Waals surface area contributed by atoms with Crippen LogP contribution in [0.2, 0.25) is 0 Å². The van der Waals surface area contributed by atoms with E-state index in [1.807, 2.05) is 35.8 Å². The van der Waals surface area contributed by atoms with Crippen molar-refractivity contribution >= 4 is 34.0 Å². The molecule has 1 aliphatic rings. The van der Waals surface area contributed by atoms with Crippen LogP contribution in [-0.4, -0.2) is 33.0 Å². The smallest absolute Gasteiger partial charge is 0.235 e. The molecule has 9 heteroatoms. The lowest BCUT2D eigenvalue weighted by Gasteiger charge is -2.10. The lowest BCUT2D eigenvalue weighted by atomic mass is 10.1. The molecule has 0 unspecified atom stereocenters. The van der Waals surface area contributed by atoms with Crippen LogP contribution in [0.3, 0.4) is 0 Å². The molecule has 0 bridgehead atoms. The van der Waals surface area contributed by atoms with Gasteiger partial charge in [-0.1, -0.05) is 32.0 Å². The van der Waals surface area contributed by atoms with Gasteiger partial charge in [-0.3, -0.25) is 4.79 Å². The number of nitrogens with one attached hydrogen (secondary N) is 1. The number of fused-ring (bicyclic) bond motifs is 1. The summed E-state index contributed by atoms with van der Waals surface area (Å²) >= 11 is 2.91. The van der Waals surface area contributed by atoms with Gasteiger partial charge in [0.15, 0.2) is 11.0 Å². The molecular weight excluding hydrogens is 478 g/mol. The molecule has 0 radical (unpaired) electrons. The topological polar surface area (TPSA) is 92.8 Å². The monoisotopic (exact) mass is 509 g/mol. The van der Waals surface area contributed by atoms with E-state index in [4.69, 9.17) is 4.74 Å². The first-order chi connectivity index (χ1) is 17.0. The summed E-state index contributed by atoms with van der Waals surface area (Å²) in [4.78, 5) is 14.0. The first-order valence-corrected chi connectivity index (χ1v) is 13.9. The van der Waals surface area contributed by atoms with Gasteiger partial charge in [0.05, 0.1) is 17.9 Å². The van der Waals surface area contributed by atoms with Crippen molar-refractivity contribution in [3.8, 4) is 23.2 Å². The van der Waals surface area contributed by atoms with E-state index in [1.54, 1.807) is 11.3 Å². The molecule has 1 aliphatic carbocycles. The Hall–Kier alpha value is -2.83. The number of aryl methyl sites for hydroxylation is 1. The van der Waals surface area contributed by atoms with Crippen molar-refractivity contribution in [2.24, 2.45) is 5.92 Å². The fourth-order valence-electron chi connectivity index (χ4n) is 4.10. The van der Waals surface area contributed by atoms with Crippen molar-refractivity contribution in [3.05, 3.63) is 40.3 Å². The average molecular weight is 510 g/mol. The highest BCUT2D eigenvalue weighted by molar-refractivity contribution is 7.99. The summed E-state index contributed by atoms with van der Waals surface area (Å²) in [5.74, 6) is 2.13. The van der Waals surface area contributed by atoms with Crippen LogP contribution in [0.25, 0.3) is 11.4 Å². The molecule has 1 aromatic carbocycles. The van der Waals surface area contributed by atoms with Crippen molar-refractivity contribution in [2.45, 2.75) is 64.6 Å². The minimum absolute atomic E-state index is 0.137. The predicted octanol–water partition coefficient (Wildman–Crippen LogP) is 5.93. The van der Waals surface area contributed by atoms with Crippen LogP contribution >= 0.6 is 23.1 Å². The van der Waals surface area contributed by atoms with Gasteiger partial charge in [-0.15, -0.1) is 21.5 Å². The lowest BCUT2D eigenvalue weighted by molar-refractivity contribution is -0.113. The third-order valence-electron chi connectivity index (χ3n) is 5.85. The molecule has 0 saturated carbocycles. The largest absolute Gasteiger partial charge is 0.493 e. The molecule has 0 aliphatic heterocycles. The van der Waals surface area contributed by atoms with Gasteiger partial charge in [0.25, 0.3) is 0 Å². The van der Waals surface area contributed by atoms with E-state index in [-0.39, 0.29) is 11.7 Å². The summed E-state index contributed by atoms with van der Waals surface area (Å²) < 4.78 is 7.78. The molecule has 1 amide bonds. The van der Waals surface area contributed by atoms with E-state index in [2.05, 4.69) is 35.4 Å². The number of hydrogen-bond donors (Lipinski definition) is 1. The maximum atomic E-state index is 12.8. The zero-order valence-corrected chi connectivity index (χ0v) is 22.1. The second-order valence-electron chi connectivity index (χ2n) is 9.00. The maximum Gasteiger partial charge on any atom is 0.235 e. The normalized spacial score (nSPS) is 13.2. The van der Waals surface area contributed by atoms with Crippen molar-refractivity contribution in [2.75, 3.05) is 17.7 Å². The number of nitriles is 1. The molecule has 184 valence electrons. The van der Waals surface area contributed by atoms with Gasteiger partial charge in [-0.25, -0.2) is 0 Å². The van der Waals surface area contributed by atoms with Crippen LogP contribution in [0.5, 0.6) is 5.75 Å². The number of hydrogen-bond acceptors (Lipinski definition) is 7. The summed E-state index contributed by atoms with van der Waals surface area (Å²) in [6.07, 6.45) is 5.36. The predicted molar refractivity (Wildman–Crippen MR) is 141 cm³/mol. The Morgan fingerprint density at radius 3 is 2.71 bits per heavy atom.